The molecule has 0 N–H and O–H groups in total. The van der Waals surface area contributed by atoms with Gasteiger partial charge in [-0.1, -0.05) is 12.1 Å². The van der Waals surface area contributed by atoms with Crippen LogP contribution in [0.3, 0.4) is 0 Å². The Labute approximate surface area is 165 Å². The lowest BCUT2D eigenvalue weighted by molar-refractivity contribution is -0.145. The molecule has 1 saturated heterocycles. The summed E-state index contributed by atoms with van der Waals surface area (Å²) in [6, 6.07) is 8.30. The summed E-state index contributed by atoms with van der Waals surface area (Å²) >= 11 is 0. The van der Waals surface area contributed by atoms with Crippen LogP contribution in [0.4, 0.5) is 0 Å². The molecule has 0 radical (unpaired) electrons. The number of methoxy groups -OCH3 is 1. The third-order valence-electron chi connectivity index (χ3n) is 6.72. The maximum Gasteiger partial charge on any atom is 0.226 e. The lowest BCUT2D eigenvalue weighted by Crippen LogP contribution is -2.50. The molecule has 5 rings (SSSR count). The van der Waals surface area contributed by atoms with Gasteiger partial charge in [0.15, 0.2) is 0 Å². The second-order valence-electron chi connectivity index (χ2n) is 8.15. The first-order valence-corrected chi connectivity index (χ1v) is 10.3. The highest BCUT2D eigenvalue weighted by molar-refractivity contribution is 5.79. The number of hydrogen-bond donors (Lipinski definition) is 0. The molecule has 1 spiro atoms. The Morgan fingerprint density at radius 3 is 2.93 bits per heavy atom. The van der Waals surface area contributed by atoms with Gasteiger partial charge in [-0.2, -0.15) is 5.10 Å². The Morgan fingerprint density at radius 2 is 2.11 bits per heavy atom. The molecule has 4 heterocycles. The van der Waals surface area contributed by atoms with Crippen molar-refractivity contribution in [3.05, 3.63) is 47.3 Å². The van der Waals surface area contributed by atoms with Crippen LogP contribution in [0.15, 0.2) is 30.5 Å². The molecule has 3 aliphatic heterocycles. The average Bonchev–Trinajstić information content (AvgIpc) is 3.21. The molecule has 1 aromatic carbocycles. The third-order valence-corrected chi connectivity index (χ3v) is 6.72. The van der Waals surface area contributed by atoms with Crippen molar-refractivity contribution in [3.8, 4) is 5.75 Å². The number of carbonyl (C=O) groups is 1. The molecule has 1 unspecified atom stereocenters. The summed E-state index contributed by atoms with van der Waals surface area (Å²) in [6.07, 6.45) is 6.09. The van der Waals surface area contributed by atoms with E-state index in [1.54, 1.807) is 7.11 Å². The number of likely N-dealkylation sites (tertiary alicyclic amines) is 1. The van der Waals surface area contributed by atoms with Crippen molar-refractivity contribution < 1.29 is 14.3 Å². The van der Waals surface area contributed by atoms with Crippen LogP contribution in [0.5, 0.6) is 5.75 Å². The zero-order valence-electron chi connectivity index (χ0n) is 16.4. The van der Waals surface area contributed by atoms with Gasteiger partial charge in [0.1, 0.15) is 11.4 Å². The summed E-state index contributed by atoms with van der Waals surface area (Å²) in [5.41, 5.74) is 3.39. The second kappa shape index (κ2) is 6.92. The van der Waals surface area contributed by atoms with Crippen molar-refractivity contribution in [1.82, 2.24) is 14.7 Å². The van der Waals surface area contributed by atoms with Gasteiger partial charge in [0, 0.05) is 49.4 Å². The summed E-state index contributed by atoms with van der Waals surface area (Å²) in [4.78, 5) is 15.2. The SMILES string of the molecule is COc1cccc2c1C1(CCN(C(=O)C3CCn4nccc4C3)CC1)OCC2. The number of rotatable bonds is 2. The van der Waals surface area contributed by atoms with Crippen LogP contribution < -0.4 is 4.74 Å². The minimum absolute atomic E-state index is 0.0762. The highest BCUT2D eigenvalue weighted by atomic mass is 16.5. The van der Waals surface area contributed by atoms with Crippen LogP contribution in [0.1, 0.15) is 36.1 Å². The fourth-order valence-electron chi connectivity index (χ4n) is 5.22. The van der Waals surface area contributed by atoms with Gasteiger partial charge in [-0.3, -0.25) is 9.48 Å². The molecule has 6 nitrogen and oxygen atoms in total. The van der Waals surface area contributed by atoms with E-state index in [2.05, 4.69) is 22.1 Å². The number of ether oxygens (including phenoxy) is 2. The summed E-state index contributed by atoms with van der Waals surface area (Å²) < 4.78 is 14.0. The van der Waals surface area contributed by atoms with E-state index in [1.807, 2.05) is 23.0 Å². The molecular weight excluding hydrogens is 354 g/mol. The summed E-state index contributed by atoms with van der Waals surface area (Å²) in [7, 11) is 1.73. The first-order chi connectivity index (χ1) is 13.7. The van der Waals surface area contributed by atoms with Gasteiger partial charge in [0.05, 0.1) is 13.7 Å². The molecule has 2 aromatic rings. The number of aromatic nitrogens is 2. The first-order valence-electron chi connectivity index (χ1n) is 10.3. The standard InChI is InChI=1S/C22H27N3O3/c1-27-19-4-2-3-16-7-14-28-22(20(16)19)8-12-24(13-9-22)21(26)17-6-11-25-18(15-17)5-10-23-25/h2-5,10,17H,6-9,11-15H2,1H3. The van der Waals surface area contributed by atoms with Crippen molar-refractivity contribution in [1.29, 1.82) is 0 Å². The highest BCUT2D eigenvalue weighted by Gasteiger charge is 2.44. The van der Waals surface area contributed by atoms with Gasteiger partial charge in [-0.25, -0.2) is 0 Å². The molecule has 0 aliphatic carbocycles. The maximum absolute atomic E-state index is 13.2. The molecular formula is C22H27N3O3. The molecule has 1 atom stereocenters. The Balaban J connectivity index is 1.32. The Kier molecular flexibility index (Phi) is 4.38. The zero-order valence-corrected chi connectivity index (χ0v) is 16.4. The van der Waals surface area contributed by atoms with Crippen LogP contribution in [0.25, 0.3) is 0 Å². The smallest absolute Gasteiger partial charge is 0.226 e. The molecule has 0 bridgehead atoms. The van der Waals surface area contributed by atoms with Gasteiger partial charge in [0.2, 0.25) is 5.91 Å². The Bertz CT molecular complexity index is 869. The van der Waals surface area contributed by atoms with Gasteiger partial charge in [-0.15, -0.1) is 0 Å². The van der Waals surface area contributed by atoms with Crippen molar-refractivity contribution in [2.45, 2.75) is 44.2 Å². The fraction of sp³-hybridized carbons (Fsp3) is 0.545. The van der Waals surface area contributed by atoms with E-state index in [1.165, 1.54) is 16.8 Å². The Hall–Kier alpha value is -2.34. The van der Waals surface area contributed by atoms with Crippen LogP contribution >= 0.6 is 0 Å². The predicted molar refractivity (Wildman–Crippen MR) is 104 cm³/mol. The molecule has 148 valence electrons. The number of fused-ring (bicyclic) bond motifs is 3. The quantitative estimate of drug-likeness (QED) is 0.802. The van der Waals surface area contributed by atoms with E-state index in [-0.39, 0.29) is 11.5 Å². The molecule has 1 amide bonds. The van der Waals surface area contributed by atoms with E-state index in [0.717, 1.165) is 64.1 Å². The minimum atomic E-state index is -0.317. The molecule has 28 heavy (non-hydrogen) atoms. The van der Waals surface area contributed by atoms with Gasteiger partial charge in [0.25, 0.3) is 0 Å². The Morgan fingerprint density at radius 1 is 1.25 bits per heavy atom. The van der Waals surface area contributed by atoms with E-state index in [4.69, 9.17) is 9.47 Å². The monoisotopic (exact) mass is 381 g/mol. The third kappa shape index (κ3) is 2.82. The fourth-order valence-corrected chi connectivity index (χ4v) is 5.22. The normalized spacial score (nSPS) is 23.2. The first kappa shape index (κ1) is 17.7. The molecule has 1 fully saturated rings. The molecule has 3 aliphatic rings. The number of aryl methyl sites for hydroxylation is 1. The van der Waals surface area contributed by atoms with Crippen LogP contribution in [-0.2, 0) is 34.5 Å². The number of benzene rings is 1. The summed E-state index contributed by atoms with van der Waals surface area (Å²) in [6.45, 7) is 3.06. The van der Waals surface area contributed by atoms with E-state index < -0.39 is 0 Å². The second-order valence-corrected chi connectivity index (χ2v) is 8.15. The maximum atomic E-state index is 13.2. The topological polar surface area (TPSA) is 56.6 Å². The van der Waals surface area contributed by atoms with Crippen LogP contribution in [-0.4, -0.2) is 47.4 Å². The van der Waals surface area contributed by atoms with Crippen molar-refractivity contribution in [2.24, 2.45) is 5.92 Å². The van der Waals surface area contributed by atoms with Gasteiger partial charge >= 0.3 is 0 Å². The van der Waals surface area contributed by atoms with Crippen molar-refractivity contribution in [3.63, 3.8) is 0 Å². The number of piperidine rings is 1. The van der Waals surface area contributed by atoms with E-state index >= 15 is 0 Å². The zero-order chi connectivity index (χ0) is 19.1. The van der Waals surface area contributed by atoms with Crippen molar-refractivity contribution >= 4 is 5.91 Å². The van der Waals surface area contributed by atoms with Crippen LogP contribution in [0, 0.1) is 5.92 Å². The largest absolute Gasteiger partial charge is 0.496 e. The summed E-state index contributed by atoms with van der Waals surface area (Å²) in [5, 5.41) is 4.32. The minimum Gasteiger partial charge on any atom is -0.496 e. The predicted octanol–water partition coefficient (Wildman–Crippen LogP) is 2.54. The number of amides is 1. The lowest BCUT2D eigenvalue weighted by Gasteiger charge is -2.46. The lowest BCUT2D eigenvalue weighted by atomic mass is 9.78. The van der Waals surface area contributed by atoms with Crippen molar-refractivity contribution in [2.75, 3.05) is 26.8 Å². The highest BCUT2D eigenvalue weighted by Crippen LogP contribution is 2.46. The molecule has 0 saturated carbocycles. The van der Waals surface area contributed by atoms with Gasteiger partial charge in [-0.05, 0) is 43.4 Å². The van der Waals surface area contributed by atoms with E-state index in [9.17, 15) is 4.79 Å². The number of nitrogens with zero attached hydrogens (tertiary/aromatic N) is 3. The number of hydrogen-bond acceptors (Lipinski definition) is 4. The van der Waals surface area contributed by atoms with E-state index in [0.29, 0.717) is 5.91 Å². The number of carbonyl (C=O) groups excluding carboxylic acids is 1. The summed E-state index contributed by atoms with van der Waals surface area (Å²) in [5.74, 6) is 1.28. The molecule has 1 aromatic heterocycles. The van der Waals surface area contributed by atoms with Crippen LogP contribution in [0.2, 0.25) is 0 Å². The molecule has 6 heteroatoms. The van der Waals surface area contributed by atoms with Gasteiger partial charge < -0.3 is 14.4 Å². The average molecular weight is 381 g/mol.